The first kappa shape index (κ1) is 81.2. The van der Waals surface area contributed by atoms with Gasteiger partial charge in [-0.05, 0) is 119 Å². The first-order valence-corrected chi connectivity index (χ1v) is 36.8. The van der Waals surface area contributed by atoms with Gasteiger partial charge in [0.1, 0.15) is 47.8 Å². The number of rotatable bonds is 11. The zero-order valence-electron chi connectivity index (χ0n) is 61.1. The van der Waals surface area contributed by atoms with Gasteiger partial charge in [-0.1, -0.05) is 102 Å². The van der Waals surface area contributed by atoms with Crippen LogP contribution in [0.3, 0.4) is 0 Å². The van der Waals surface area contributed by atoms with E-state index >= 15 is 28.8 Å². The van der Waals surface area contributed by atoms with Gasteiger partial charge in [0.2, 0.25) is 70.9 Å². The Labute approximate surface area is 598 Å². The molecule has 564 valence electrons. The number of carbonyl (C=O) groups is 12. The number of hydrogen-bond acceptors (Lipinski definition) is 13. The Morgan fingerprint density at radius 3 is 1.85 bits per heavy atom. The third-order valence-electron chi connectivity index (χ3n) is 22.4. The van der Waals surface area contributed by atoms with Crippen LogP contribution in [0.5, 0.6) is 0 Å². The van der Waals surface area contributed by atoms with Crippen molar-refractivity contribution in [2.75, 3.05) is 95.7 Å². The second-order valence-electron chi connectivity index (χ2n) is 29.4. The van der Waals surface area contributed by atoms with Crippen molar-refractivity contribution in [3.05, 3.63) is 34.3 Å². The molecule has 9 atom stereocenters. The van der Waals surface area contributed by atoms with E-state index in [1.54, 1.807) is 18.7 Å². The molecule has 0 unspecified atom stereocenters. The van der Waals surface area contributed by atoms with Gasteiger partial charge in [0.15, 0.2) is 0 Å². The molecule has 6 aliphatic rings. The van der Waals surface area contributed by atoms with E-state index in [-0.39, 0.29) is 51.0 Å². The number of ether oxygens (including phenoxy) is 1. The van der Waals surface area contributed by atoms with Gasteiger partial charge in [0.05, 0.1) is 42.7 Å². The summed E-state index contributed by atoms with van der Waals surface area (Å²) in [4.78, 5) is 191. The summed E-state index contributed by atoms with van der Waals surface area (Å²) in [5, 5.41) is 8.11. The van der Waals surface area contributed by atoms with Crippen LogP contribution in [-0.4, -0.2) is 265 Å². The number of fused-ring (bicyclic) bond motifs is 1. The van der Waals surface area contributed by atoms with Crippen molar-refractivity contribution in [2.24, 2.45) is 17.8 Å². The number of nitrogens with zero attached hydrogens (tertiary/aromatic N) is 9. The molecule has 3 aliphatic carbocycles. The third kappa shape index (κ3) is 20.2. The van der Waals surface area contributed by atoms with Gasteiger partial charge in [-0.25, -0.2) is 0 Å². The Hall–Kier alpha value is -7.10. The second kappa shape index (κ2) is 36.4. The summed E-state index contributed by atoms with van der Waals surface area (Å²) in [5.74, 6) is -8.95. The highest BCUT2D eigenvalue weighted by Gasteiger charge is 2.52. The van der Waals surface area contributed by atoms with E-state index in [9.17, 15) is 41.9 Å². The quantitative estimate of drug-likeness (QED) is 0.250. The van der Waals surface area contributed by atoms with E-state index in [0.29, 0.717) is 70.0 Å². The molecule has 101 heavy (non-hydrogen) atoms. The van der Waals surface area contributed by atoms with Gasteiger partial charge in [0.25, 0.3) is 0 Å². The van der Waals surface area contributed by atoms with Crippen LogP contribution in [0.15, 0.2) is 18.2 Å². The molecular weight excluding hydrogens is 1330 g/mol. The Morgan fingerprint density at radius 2 is 1.25 bits per heavy atom. The van der Waals surface area contributed by atoms with E-state index in [1.807, 2.05) is 6.92 Å². The zero-order chi connectivity index (χ0) is 74.4. The van der Waals surface area contributed by atoms with E-state index in [2.05, 4.69) is 16.0 Å². The first-order chi connectivity index (χ1) is 47.7. The standard InChI is InChI=1S/C72H110ClF3N12O13/c1-12-45(2)60-68(98)82(6)43-58(91)80(4)44-59(92)83(7)54(40-47-25-16-13-17-26-47)66(96)81(5)42-56(89)77-52(33-31-48-30-32-50(51(73)39-48)72(74,75)76)65(95)88-38-24-29-53(88)63(93)79-71(34-20-21-35-71)70(100)86(10)62(49-27-18-14-19-28-49)69(99)84(8)55(67(97)87-36-22-15-23-37-87)41-57(90)85(9)61(46(3)101-11)64(94)78-60/h30,32,39,45-47,49,52-55,60-62H,12-29,31,33-38,40-44H2,1-11H3,(H,77,89)(H,78,94)(H,79,93)/t45-,46+,52-,53-,54-,55-,60-,61-,62-/m0/s1. The molecular formula is C72H110ClF3N12O13. The number of methoxy groups -OCH3 is 1. The largest absolute Gasteiger partial charge is 0.417 e. The molecule has 3 aliphatic heterocycles. The van der Waals surface area contributed by atoms with E-state index in [0.717, 1.165) is 89.5 Å². The Balaban J connectivity index is 1.29. The van der Waals surface area contributed by atoms with Crippen LogP contribution in [0.25, 0.3) is 0 Å². The van der Waals surface area contributed by atoms with Gasteiger partial charge in [-0.15, -0.1) is 0 Å². The number of piperidine rings is 1. The van der Waals surface area contributed by atoms with Crippen molar-refractivity contribution in [1.82, 2.24) is 60.0 Å². The normalized spacial score (nSPS) is 27.1. The van der Waals surface area contributed by atoms with Crippen LogP contribution in [-0.2, 0) is 74.9 Å². The van der Waals surface area contributed by atoms with Gasteiger partial charge in [-0.3, -0.25) is 57.5 Å². The molecule has 3 saturated heterocycles. The lowest BCUT2D eigenvalue weighted by Crippen LogP contribution is -2.65. The predicted molar refractivity (Wildman–Crippen MR) is 371 cm³/mol. The number of aryl methyl sites for hydroxylation is 1. The molecule has 12 amide bonds. The predicted octanol–water partition coefficient (Wildman–Crippen LogP) is 5.41. The summed E-state index contributed by atoms with van der Waals surface area (Å²) in [6.45, 7) is 4.14. The van der Waals surface area contributed by atoms with Crippen molar-refractivity contribution in [3.63, 3.8) is 0 Å². The van der Waals surface area contributed by atoms with Crippen molar-refractivity contribution in [1.29, 1.82) is 0 Å². The molecule has 3 saturated carbocycles. The summed E-state index contributed by atoms with van der Waals surface area (Å²) in [7, 11) is 11.2. The summed E-state index contributed by atoms with van der Waals surface area (Å²) in [6.07, 6.45) is 5.69. The molecule has 0 radical (unpaired) electrons. The Bertz CT molecular complexity index is 3140. The maximum absolute atomic E-state index is 15.8. The smallest absolute Gasteiger partial charge is 0.379 e. The van der Waals surface area contributed by atoms with Crippen LogP contribution in [0, 0.1) is 17.8 Å². The monoisotopic (exact) mass is 1440 g/mol. The fraction of sp³-hybridized carbons (Fsp3) is 0.750. The van der Waals surface area contributed by atoms with E-state index in [4.69, 9.17) is 16.3 Å². The zero-order valence-corrected chi connectivity index (χ0v) is 61.9. The molecule has 0 aromatic heterocycles. The Morgan fingerprint density at radius 1 is 0.644 bits per heavy atom. The molecule has 1 aromatic carbocycles. The third-order valence-corrected chi connectivity index (χ3v) is 22.7. The molecule has 6 fully saturated rings. The minimum atomic E-state index is -4.76. The van der Waals surface area contributed by atoms with Crippen molar-refractivity contribution in [2.45, 2.75) is 235 Å². The van der Waals surface area contributed by atoms with Crippen LogP contribution in [0.1, 0.15) is 180 Å². The number of halogens is 4. The number of likely N-dealkylation sites (N-methyl/N-ethyl adjacent to an activating group) is 7. The minimum absolute atomic E-state index is 0.0128. The van der Waals surface area contributed by atoms with Crippen molar-refractivity contribution < 1.29 is 75.4 Å². The number of amides is 12. The topological polar surface area (TPSA) is 279 Å². The number of alkyl halides is 3. The van der Waals surface area contributed by atoms with Crippen LogP contribution in [0.4, 0.5) is 13.2 Å². The van der Waals surface area contributed by atoms with Crippen LogP contribution in [0.2, 0.25) is 5.02 Å². The van der Waals surface area contributed by atoms with Crippen LogP contribution < -0.4 is 16.0 Å². The highest BCUT2D eigenvalue weighted by Crippen LogP contribution is 2.39. The molecule has 7 rings (SSSR count). The van der Waals surface area contributed by atoms with Gasteiger partial charge < -0.3 is 64.8 Å². The molecule has 0 bridgehead atoms. The van der Waals surface area contributed by atoms with E-state index in [1.165, 1.54) is 82.1 Å². The fourth-order valence-electron chi connectivity index (χ4n) is 15.8. The summed E-state index contributed by atoms with van der Waals surface area (Å²) in [5.41, 5.74) is -2.35. The SMILES string of the molecule is CC[C@H](C)[C@@H]1NC(=O)[C@H]([C@@H](C)OC)N(C)C(=O)C[C@@H](C(=O)N2CCCCC2)N(C)C(=O)[C@H](C2CCCCC2)N(C)C(=O)C2(CCCC2)NC(=O)[C@@H]2CCCN2C(=O)[C@H](CCc2ccc(C(F)(F)F)c(Cl)c2)NC(=O)CN(C)C(=O)[C@H](CC2CCCCC2)N(C)C(=O)CN(C)C(=O)CN(C)C1=O. The summed E-state index contributed by atoms with van der Waals surface area (Å²) >= 11 is 6.16. The molecule has 25 nitrogen and oxygen atoms in total. The molecule has 1 aromatic rings. The lowest BCUT2D eigenvalue weighted by atomic mass is 9.81. The lowest BCUT2D eigenvalue weighted by molar-refractivity contribution is -0.157. The summed E-state index contributed by atoms with van der Waals surface area (Å²) < 4.78 is 47.4. The van der Waals surface area contributed by atoms with Crippen molar-refractivity contribution >= 4 is 82.5 Å². The molecule has 3 heterocycles. The van der Waals surface area contributed by atoms with Gasteiger partial charge >= 0.3 is 6.18 Å². The lowest BCUT2D eigenvalue weighted by Gasteiger charge is -2.43. The maximum Gasteiger partial charge on any atom is 0.417 e. The average Bonchev–Trinajstić information content (AvgIpc) is 1.74. The molecule has 29 heteroatoms. The number of carbonyl (C=O) groups excluding carboxylic acids is 12. The number of likely N-dealkylation sites (tertiary alicyclic amines) is 1. The minimum Gasteiger partial charge on any atom is -0.379 e. The average molecular weight is 1440 g/mol. The van der Waals surface area contributed by atoms with Crippen molar-refractivity contribution in [3.8, 4) is 0 Å². The van der Waals surface area contributed by atoms with Gasteiger partial charge in [-0.2, -0.15) is 13.2 Å². The van der Waals surface area contributed by atoms with Crippen LogP contribution >= 0.6 is 11.6 Å². The maximum atomic E-state index is 15.8. The molecule has 1 spiro atoms. The number of benzene rings is 1. The molecule has 3 N–H and O–H groups in total. The highest BCUT2D eigenvalue weighted by molar-refractivity contribution is 6.31. The number of hydrogen-bond donors (Lipinski definition) is 3. The Kier molecular flexibility index (Phi) is 29.2. The fourth-order valence-corrected chi connectivity index (χ4v) is 16.1. The second-order valence-corrected chi connectivity index (χ2v) is 29.8. The summed E-state index contributed by atoms with van der Waals surface area (Å²) in [6, 6.07) is -5.90. The highest BCUT2D eigenvalue weighted by atomic mass is 35.5. The number of nitrogens with one attached hydrogen (secondary N) is 3. The van der Waals surface area contributed by atoms with Gasteiger partial charge in [0, 0.05) is 76.1 Å². The first-order valence-electron chi connectivity index (χ1n) is 36.4. The van der Waals surface area contributed by atoms with E-state index < -0.39 is 179 Å².